The summed E-state index contributed by atoms with van der Waals surface area (Å²) in [6.45, 7) is 0. The van der Waals surface area contributed by atoms with E-state index in [1.807, 2.05) is 0 Å². The Morgan fingerprint density at radius 1 is 1.53 bits per heavy atom. The molecule has 0 amide bonds. The normalized spacial score (nSPS) is 11.8. The number of halogens is 2. The molecule has 2 N–H and O–H groups in total. The van der Waals surface area contributed by atoms with Crippen LogP contribution in [0, 0.1) is 0 Å². The van der Waals surface area contributed by atoms with Crippen molar-refractivity contribution in [3.8, 4) is 5.88 Å². The first-order valence-corrected chi connectivity index (χ1v) is 5.26. The average Bonchev–Trinajstić information content (AvgIpc) is 2.15. The zero-order valence-electron chi connectivity index (χ0n) is 7.65. The third kappa shape index (κ3) is 2.39. The number of primary sulfonamides is 1. The fraction of sp³-hybridized carbons (Fsp3) is 0.286. The zero-order valence-corrected chi connectivity index (χ0v) is 8.46. The van der Waals surface area contributed by atoms with Crippen molar-refractivity contribution in [3.05, 3.63) is 17.8 Å². The van der Waals surface area contributed by atoms with E-state index in [0.29, 0.717) is 0 Å². The summed E-state index contributed by atoms with van der Waals surface area (Å²) < 4.78 is 51.6. The third-order valence-electron chi connectivity index (χ3n) is 1.63. The maximum Gasteiger partial charge on any atom is 0.270 e. The second kappa shape index (κ2) is 4.07. The van der Waals surface area contributed by atoms with Gasteiger partial charge in [-0.15, -0.1) is 0 Å². The summed E-state index contributed by atoms with van der Waals surface area (Å²) in [4.78, 5) is 2.79. The molecule has 0 spiro atoms. The summed E-state index contributed by atoms with van der Waals surface area (Å²) >= 11 is 0. The molecular formula is C7H8F2N2O3S. The van der Waals surface area contributed by atoms with Gasteiger partial charge < -0.3 is 4.74 Å². The second-order valence-electron chi connectivity index (χ2n) is 2.58. The molecule has 0 aliphatic carbocycles. The Morgan fingerprint density at radius 2 is 2.13 bits per heavy atom. The molecule has 84 valence electrons. The summed E-state index contributed by atoms with van der Waals surface area (Å²) in [7, 11) is -3.10. The van der Waals surface area contributed by atoms with Crippen LogP contribution < -0.4 is 9.88 Å². The highest BCUT2D eigenvalue weighted by atomic mass is 32.2. The lowest BCUT2D eigenvalue weighted by molar-refractivity contribution is 0.142. The fourth-order valence-corrected chi connectivity index (χ4v) is 1.78. The highest BCUT2D eigenvalue weighted by molar-refractivity contribution is 7.89. The predicted octanol–water partition coefficient (Wildman–Crippen LogP) is 0.675. The number of pyridine rings is 1. The number of hydrogen-bond donors (Lipinski definition) is 1. The molecule has 0 aromatic carbocycles. The second-order valence-corrected chi connectivity index (χ2v) is 4.11. The lowest BCUT2D eigenvalue weighted by Crippen LogP contribution is -2.15. The highest BCUT2D eigenvalue weighted by Crippen LogP contribution is 2.32. The standard InChI is InChI=1S/C7H8F2N2O3S/c1-14-7-5(6(8)9)4(2-3-11-7)15(10,12)13/h2-3,6H,1H3,(H2,10,12,13). The smallest absolute Gasteiger partial charge is 0.270 e. The molecule has 0 saturated carbocycles. The first-order chi connectivity index (χ1) is 6.88. The number of nitrogens with zero attached hydrogens (tertiary/aromatic N) is 1. The van der Waals surface area contributed by atoms with Crippen molar-refractivity contribution in [2.75, 3.05) is 7.11 Å². The number of hydrogen-bond acceptors (Lipinski definition) is 4. The number of ether oxygens (including phenoxy) is 1. The summed E-state index contributed by atoms with van der Waals surface area (Å²) in [5, 5.41) is 4.77. The summed E-state index contributed by atoms with van der Waals surface area (Å²) in [5.41, 5.74) is -0.817. The zero-order chi connectivity index (χ0) is 11.6. The Bertz CT molecular complexity index is 461. The van der Waals surface area contributed by atoms with Crippen LogP contribution in [0.3, 0.4) is 0 Å². The van der Waals surface area contributed by atoms with Crippen molar-refractivity contribution in [2.24, 2.45) is 5.14 Å². The third-order valence-corrected chi connectivity index (χ3v) is 2.60. The number of aromatic nitrogens is 1. The predicted molar refractivity (Wildman–Crippen MR) is 47.1 cm³/mol. The fourth-order valence-electron chi connectivity index (χ4n) is 1.05. The van der Waals surface area contributed by atoms with E-state index in [4.69, 9.17) is 5.14 Å². The van der Waals surface area contributed by atoms with Crippen LogP contribution >= 0.6 is 0 Å². The average molecular weight is 238 g/mol. The van der Waals surface area contributed by atoms with Crippen LogP contribution in [0.1, 0.15) is 12.0 Å². The molecule has 15 heavy (non-hydrogen) atoms. The maximum absolute atomic E-state index is 12.6. The molecule has 0 radical (unpaired) electrons. The number of rotatable bonds is 3. The number of sulfonamides is 1. The molecule has 0 saturated heterocycles. The molecule has 1 aromatic heterocycles. The van der Waals surface area contributed by atoms with Gasteiger partial charge in [-0.25, -0.2) is 27.3 Å². The van der Waals surface area contributed by atoms with Crippen LogP contribution in [0.5, 0.6) is 5.88 Å². The van der Waals surface area contributed by atoms with Crippen LogP contribution in [0.4, 0.5) is 8.78 Å². The molecule has 1 rings (SSSR count). The SMILES string of the molecule is COc1nccc(S(N)(=O)=O)c1C(F)F. The van der Waals surface area contributed by atoms with E-state index in [0.717, 1.165) is 19.4 Å². The van der Waals surface area contributed by atoms with Crippen LogP contribution in [0.15, 0.2) is 17.2 Å². The van der Waals surface area contributed by atoms with Crippen molar-refractivity contribution in [3.63, 3.8) is 0 Å². The molecule has 1 heterocycles. The summed E-state index contributed by atoms with van der Waals surface area (Å²) in [5.74, 6) is -0.448. The van der Waals surface area contributed by atoms with Gasteiger partial charge in [-0.2, -0.15) is 0 Å². The van der Waals surface area contributed by atoms with Crippen molar-refractivity contribution in [1.29, 1.82) is 0 Å². The number of nitrogens with two attached hydrogens (primary N) is 1. The number of methoxy groups -OCH3 is 1. The van der Waals surface area contributed by atoms with Crippen molar-refractivity contribution >= 4 is 10.0 Å². The van der Waals surface area contributed by atoms with Gasteiger partial charge >= 0.3 is 0 Å². The quantitative estimate of drug-likeness (QED) is 0.839. The lowest BCUT2D eigenvalue weighted by Gasteiger charge is -2.09. The minimum Gasteiger partial charge on any atom is -0.481 e. The van der Waals surface area contributed by atoms with E-state index in [2.05, 4.69) is 9.72 Å². The van der Waals surface area contributed by atoms with Gasteiger partial charge in [-0.05, 0) is 6.07 Å². The Balaban J connectivity index is 3.53. The van der Waals surface area contributed by atoms with E-state index in [1.165, 1.54) is 0 Å². The van der Waals surface area contributed by atoms with E-state index in [-0.39, 0.29) is 0 Å². The molecular weight excluding hydrogens is 230 g/mol. The minimum atomic E-state index is -4.21. The van der Waals surface area contributed by atoms with Crippen LogP contribution in [-0.2, 0) is 10.0 Å². The molecule has 5 nitrogen and oxygen atoms in total. The van der Waals surface area contributed by atoms with Crippen LogP contribution in [0.2, 0.25) is 0 Å². The largest absolute Gasteiger partial charge is 0.481 e. The number of alkyl halides is 2. The topological polar surface area (TPSA) is 82.3 Å². The minimum absolute atomic E-state index is 0.448. The van der Waals surface area contributed by atoms with Crippen molar-refractivity contribution < 1.29 is 21.9 Å². The van der Waals surface area contributed by atoms with Gasteiger partial charge in [0.2, 0.25) is 15.9 Å². The van der Waals surface area contributed by atoms with Gasteiger partial charge in [0.15, 0.2) is 0 Å². The monoisotopic (exact) mass is 238 g/mol. The van der Waals surface area contributed by atoms with Gasteiger partial charge in [0.1, 0.15) is 0 Å². The maximum atomic E-state index is 12.6. The van der Waals surface area contributed by atoms with Gasteiger partial charge in [0.05, 0.1) is 17.6 Å². The Kier molecular flexibility index (Phi) is 3.20. The van der Waals surface area contributed by atoms with Gasteiger partial charge in [-0.1, -0.05) is 0 Å². The molecule has 0 atom stereocenters. The summed E-state index contributed by atoms with van der Waals surface area (Å²) in [6, 6.07) is 0.902. The molecule has 0 unspecified atom stereocenters. The Hall–Kier alpha value is -1.28. The Morgan fingerprint density at radius 3 is 2.53 bits per heavy atom. The van der Waals surface area contributed by atoms with Crippen LogP contribution in [-0.4, -0.2) is 20.5 Å². The van der Waals surface area contributed by atoms with Crippen molar-refractivity contribution in [2.45, 2.75) is 11.3 Å². The van der Waals surface area contributed by atoms with Crippen LogP contribution in [0.25, 0.3) is 0 Å². The van der Waals surface area contributed by atoms with Gasteiger partial charge in [0.25, 0.3) is 6.43 Å². The first-order valence-electron chi connectivity index (χ1n) is 3.71. The first kappa shape index (κ1) is 11.8. The molecule has 0 aliphatic heterocycles. The van der Waals surface area contributed by atoms with E-state index in [1.54, 1.807) is 0 Å². The lowest BCUT2D eigenvalue weighted by atomic mass is 10.3. The molecule has 0 aliphatic rings. The van der Waals surface area contributed by atoms with E-state index < -0.39 is 32.8 Å². The van der Waals surface area contributed by atoms with Gasteiger partial charge in [-0.3, -0.25) is 0 Å². The molecule has 0 bridgehead atoms. The molecule has 8 heteroatoms. The molecule has 0 fully saturated rings. The Labute approximate surface area is 84.9 Å². The van der Waals surface area contributed by atoms with Gasteiger partial charge in [0, 0.05) is 6.20 Å². The summed E-state index contributed by atoms with van der Waals surface area (Å²) in [6.07, 6.45) is -1.99. The highest BCUT2D eigenvalue weighted by Gasteiger charge is 2.25. The van der Waals surface area contributed by atoms with E-state index >= 15 is 0 Å². The van der Waals surface area contributed by atoms with E-state index in [9.17, 15) is 17.2 Å². The molecule has 1 aromatic rings. The van der Waals surface area contributed by atoms with Crippen molar-refractivity contribution in [1.82, 2.24) is 4.98 Å².